The molecule has 0 saturated carbocycles. The molecule has 1 fully saturated rings. The lowest BCUT2D eigenvalue weighted by atomic mass is 10.1. The summed E-state index contributed by atoms with van der Waals surface area (Å²) in [7, 11) is 0. The average molecular weight is 215 g/mol. The van der Waals surface area contributed by atoms with Crippen LogP contribution in [0.5, 0.6) is 0 Å². The number of para-hydroxylation sites is 1. The van der Waals surface area contributed by atoms with Crippen LogP contribution < -0.4 is 0 Å². The number of fused-ring (bicyclic) bond motifs is 1. The van der Waals surface area contributed by atoms with Crippen molar-refractivity contribution in [2.45, 2.75) is 13.2 Å². The van der Waals surface area contributed by atoms with Gasteiger partial charge < -0.3 is 9.47 Å². The summed E-state index contributed by atoms with van der Waals surface area (Å²) in [5.41, 5.74) is 3.07. The molecule has 0 atom stereocenters. The first-order chi connectivity index (χ1) is 7.84. The monoisotopic (exact) mass is 215 g/mol. The van der Waals surface area contributed by atoms with Gasteiger partial charge >= 0.3 is 0 Å². The first-order valence-corrected chi connectivity index (χ1v) is 5.44. The van der Waals surface area contributed by atoms with Crippen molar-refractivity contribution in [3.05, 3.63) is 41.6 Å². The van der Waals surface area contributed by atoms with E-state index in [0.717, 1.165) is 22.2 Å². The highest BCUT2D eigenvalue weighted by Gasteiger charge is 2.20. The van der Waals surface area contributed by atoms with Crippen LogP contribution in [0.25, 0.3) is 10.9 Å². The Kier molecular flexibility index (Phi) is 2.35. The molecule has 0 amide bonds. The van der Waals surface area contributed by atoms with Gasteiger partial charge in [-0.2, -0.15) is 0 Å². The van der Waals surface area contributed by atoms with Crippen LogP contribution in [0, 0.1) is 6.92 Å². The maximum atomic E-state index is 5.55. The molecule has 0 bridgehead atoms. The fourth-order valence-corrected chi connectivity index (χ4v) is 2.07. The summed E-state index contributed by atoms with van der Waals surface area (Å²) >= 11 is 0. The number of pyridine rings is 1. The Bertz CT molecular complexity index is 518. The van der Waals surface area contributed by atoms with Crippen LogP contribution in [-0.2, 0) is 9.47 Å². The van der Waals surface area contributed by atoms with Crippen molar-refractivity contribution < 1.29 is 9.47 Å². The number of ether oxygens (including phenoxy) is 2. The number of rotatable bonds is 1. The van der Waals surface area contributed by atoms with Crippen molar-refractivity contribution in [2.75, 3.05) is 13.2 Å². The third kappa shape index (κ3) is 1.58. The summed E-state index contributed by atoms with van der Waals surface area (Å²) in [6.07, 6.45) is -0.230. The fraction of sp³-hybridized carbons (Fsp3) is 0.308. The Morgan fingerprint density at radius 1 is 1.19 bits per heavy atom. The van der Waals surface area contributed by atoms with Crippen molar-refractivity contribution in [1.82, 2.24) is 4.98 Å². The molecular formula is C13H13NO2. The van der Waals surface area contributed by atoms with Gasteiger partial charge in [-0.05, 0) is 19.1 Å². The molecule has 3 rings (SSSR count). The van der Waals surface area contributed by atoms with Gasteiger partial charge in [0.1, 0.15) is 0 Å². The molecule has 82 valence electrons. The SMILES string of the molecule is Cc1cc(C2OCCO2)c2ccccc2n1. The van der Waals surface area contributed by atoms with Crippen LogP contribution in [0.3, 0.4) is 0 Å². The maximum absolute atomic E-state index is 5.55. The van der Waals surface area contributed by atoms with Crippen LogP contribution in [0.15, 0.2) is 30.3 Å². The zero-order chi connectivity index (χ0) is 11.0. The van der Waals surface area contributed by atoms with E-state index in [1.165, 1.54) is 0 Å². The minimum absolute atomic E-state index is 0.230. The Morgan fingerprint density at radius 2 is 1.94 bits per heavy atom. The number of hydrogen-bond donors (Lipinski definition) is 0. The van der Waals surface area contributed by atoms with Gasteiger partial charge in [0.2, 0.25) is 0 Å². The standard InChI is InChI=1S/C13H13NO2/c1-9-8-11(13-15-6-7-16-13)10-4-2-3-5-12(10)14-9/h2-5,8,13H,6-7H2,1H3. The van der Waals surface area contributed by atoms with Gasteiger partial charge in [0.05, 0.1) is 18.7 Å². The molecule has 1 aromatic carbocycles. The number of aryl methyl sites for hydroxylation is 1. The Hall–Kier alpha value is -1.45. The van der Waals surface area contributed by atoms with Crippen molar-refractivity contribution in [1.29, 1.82) is 0 Å². The van der Waals surface area contributed by atoms with Crippen molar-refractivity contribution in [3.8, 4) is 0 Å². The third-order valence-electron chi connectivity index (χ3n) is 2.75. The molecule has 0 aliphatic carbocycles. The van der Waals surface area contributed by atoms with Gasteiger partial charge in [0.25, 0.3) is 0 Å². The van der Waals surface area contributed by atoms with Crippen molar-refractivity contribution >= 4 is 10.9 Å². The van der Waals surface area contributed by atoms with Crippen LogP contribution >= 0.6 is 0 Å². The molecule has 0 spiro atoms. The molecule has 3 nitrogen and oxygen atoms in total. The highest BCUT2D eigenvalue weighted by molar-refractivity contribution is 5.82. The lowest BCUT2D eigenvalue weighted by molar-refractivity contribution is -0.0430. The first kappa shape index (κ1) is 9.75. The molecular weight excluding hydrogens is 202 g/mol. The Balaban J connectivity index is 2.21. The van der Waals surface area contributed by atoms with E-state index in [9.17, 15) is 0 Å². The van der Waals surface area contributed by atoms with Crippen molar-refractivity contribution in [3.63, 3.8) is 0 Å². The number of aromatic nitrogens is 1. The normalized spacial score (nSPS) is 17.1. The zero-order valence-electron chi connectivity index (χ0n) is 9.14. The molecule has 1 aromatic heterocycles. The average Bonchev–Trinajstić information content (AvgIpc) is 2.81. The minimum atomic E-state index is -0.230. The van der Waals surface area contributed by atoms with Crippen LogP contribution in [0.1, 0.15) is 17.5 Å². The topological polar surface area (TPSA) is 31.4 Å². The van der Waals surface area contributed by atoms with Gasteiger partial charge in [-0.1, -0.05) is 18.2 Å². The van der Waals surface area contributed by atoms with Gasteiger partial charge in [0.15, 0.2) is 6.29 Å². The highest BCUT2D eigenvalue weighted by Crippen LogP contribution is 2.29. The second kappa shape index (κ2) is 3.85. The highest BCUT2D eigenvalue weighted by atomic mass is 16.7. The Labute approximate surface area is 94.0 Å². The van der Waals surface area contributed by atoms with E-state index < -0.39 is 0 Å². The van der Waals surface area contributed by atoms with Crippen molar-refractivity contribution in [2.24, 2.45) is 0 Å². The van der Waals surface area contributed by atoms with Crippen LogP contribution in [-0.4, -0.2) is 18.2 Å². The minimum Gasteiger partial charge on any atom is -0.346 e. The Morgan fingerprint density at radius 3 is 2.75 bits per heavy atom. The van der Waals surface area contributed by atoms with Crippen LogP contribution in [0.2, 0.25) is 0 Å². The quantitative estimate of drug-likeness (QED) is 0.732. The summed E-state index contributed by atoms with van der Waals surface area (Å²) < 4.78 is 11.1. The maximum Gasteiger partial charge on any atom is 0.184 e. The predicted molar refractivity (Wildman–Crippen MR) is 61.1 cm³/mol. The molecule has 2 heterocycles. The van der Waals surface area contributed by atoms with Crippen LogP contribution in [0.4, 0.5) is 0 Å². The molecule has 0 N–H and O–H groups in total. The second-order valence-electron chi connectivity index (χ2n) is 3.94. The lowest BCUT2D eigenvalue weighted by Gasteiger charge is -2.13. The molecule has 1 saturated heterocycles. The zero-order valence-corrected chi connectivity index (χ0v) is 9.14. The summed E-state index contributed by atoms with van der Waals surface area (Å²) in [5, 5.41) is 1.11. The number of benzene rings is 1. The van der Waals surface area contributed by atoms with E-state index in [1.54, 1.807) is 0 Å². The summed E-state index contributed by atoms with van der Waals surface area (Å²) in [5.74, 6) is 0. The first-order valence-electron chi connectivity index (χ1n) is 5.44. The second-order valence-corrected chi connectivity index (χ2v) is 3.94. The van der Waals surface area contributed by atoms with Gasteiger partial charge in [0, 0.05) is 16.6 Å². The molecule has 0 unspecified atom stereocenters. The smallest absolute Gasteiger partial charge is 0.184 e. The van der Waals surface area contributed by atoms with E-state index in [0.29, 0.717) is 13.2 Å². The molecule has 16 heavy (non-hydrogen) atoms. The molecule has 1 aliphatic rings. The van der Waals surface area contributed by atoms with E-state index in [4.69, 9.17) is 9.47 Å². The number of nitrogens with zero attached hydrogens (tertiary/aromatic N) is 1. The summed E-state index contributed by atoms with van der Waals surface area (Å²) in [6.45, 7) is 3.33. The lowest BCUT2D eigenvalue weighted by Crippen LogP contribution is -2.01. The summed E-state index contributed by atoms with van der Waals surface area (Å²) in [6, 6.07) is 10.1. The van der Waals surface area contributed by atoms with E-state index >= 15 is 0 Å². The fourth-order valence-electron chi connectivity index (χ4n) is 2.07. The van der Waals surface area contributed by atoms with Gasteiger partial charge in [-0.3, -0.25) is 4.98 Å². The predicted octanol–water partition coefficient (Wildman–Crippen LogP) is 2.59. The van der Waals surface area contributed by atoms with Gasteiger partial charge in [-0.25, -0.2) is 0 Å². The molecule has 2 aromatic rings. The van der Waals surface area contributed by atoms with E-state index in [1.807, 2.05) is 31.2 Å². The number of hydrogen-bond acceptors (Lipinski definition) is 3. The van der Waals surface area contributed by atoms with E-state index in [2.05, 4.69) is 11.1 Å². The molecule has 3 heteroatoms. The largest absolute Gasteiger partial charge is 0.346 e. The summed E-state index contributed by atoms with van der Waals surface area (Å²) in [4.78, 5) is 4.50. The van der Waals surface area contributed by atoms with E-state index in [-0.39, 0.29) is 6.29 Å². The third-order valence-corrected chi connectivity index (χ3v) is 2.75. The molecule has 1 aliphatic heterocycles. The molecule has 0 radical (unpaired) electrons. The van der Waals surface area contributed by atoms with Gasteiger partial charge in [-0.15, -0.1) is 0 Å².